The minimum absolute atomic E-state index is 1.18. The van der Waals surface area contributed by atoms with Crippen LogP contribution in [0, 0.1) is 13.8 Å². The second kappa shape index (κ2) is 15.2. The van der Waals surface area contributed by atoms with Gasteiger partial charge in [-0.2, -0.15) is 0 Å². The zero-order chi connectivity index (χ0) is 30.5. The van der Waals surface area contributed by atoms with Crippen LogP contribution in [0.25, 0.3) is 50.8 Å². The van der Waals surface area contributed by atoms with Gasteiger partial charge in [-0.1, -0.05) is 58.4 Å². The van der Waals surface area contributed by atoms with E-state index < -0.39 is 0 Å². The number of unbranched alkanes of at least 4 members (excludes halogenated alkanes) is 6. The van der Waals surface area contributed by atoms with Crippen LogP contribution in [0.3, 0.4) is 0 Å². The van der Waals surface area contributed by atoms with Crippen molar-refractivity contribution in [3.05, 3.63) is 79.2 Å². The normalized spacial score (nSPS) is 12.0. The molecule has 0 fully saturated rings. The highest BCUT2D eigenvalue weighted by molar-refractivity contribution is 7.29. The van der Waals surface area contributed by atoms with Crippen LogP contribution in [0.5, 0.6) is 0 Å². The summed E-state index contributed by atoms with van der Waals surface area (Å²) >= 11 is 11.7. The number of thiophene rings is 6. The van der Waals surface area contributed by atoms with Crippen LogP contribution < -0.4 is 0 Å². The molecule has 0 radical (unpaired) electrons. The Bertz CT molecular complexity index is 1790. The molecule has 230 valence electrons. The predicted molar refractivity (Wildman–Crippen MR) is 208 cm³/mol. The van der Waals surface area contributed by atoms with E-state index in [0.29, 0.717) is 0 Å². The third kappa shape index (κ3) is 7.76. The van der Waals surface area contributed by atoms with Crippen molar-refractivity contribution in [3.63, 3.8) is 0 Å². The van der Waals surface area contributed by atoms with Crippen molar-refractivity contribution in [2.75, 3.05) is 0 Å². The van der Waals surface area contributed by atoms with E-state index >= 15 is 0 Å². The molecule has 0 aliphatic rings. The highest BCUT2D eigenvalue weighted by Gasteiger charge is 2.17. The Morgan fingerprint density at radius 1 is 0.523 bits per heavy atom. The maximum atomic E-state index is 2.50. The van der Waals surface area contributed by atoms with Crippen molar-refractivity contribution in [1.82, 2.24) is 0 Å². The van der Waals surface area contributed by atoms with Gasteiger partial charge in [0.1, 0.15) is 0 Å². The molecule has 0 aliphatic heterocycles. The number of rotatable bonds is 15. The standard InChI is InChI=1S/C38H42S6/c1-5-7-9-11-13-27-22-34(44-38(27)32-18-15-25(3)39-32)31-19-20-33(43-31)37-28(21-26(4)40-37)16-17-30-24-36-35(42-30)23-29(41-36)14-12-10-8-6-2/h15-24H,5-14H2,1-4H3/b17-16+. The molecule has 6 heteroatoms. The van der Waals surface area contributed by atoms with Crippen molar-refractivity contribution in [3.8, 4) is 29.3 Å². The van der Waals surface area contributed by atoms with Gasteiger partial charge in [0.25, 0.3) is 0 Å². The highest BCUT2D eigenvalue weighted by Crippen LogP contribution is 2.46. The van der Waals surface area contributed by atoms with Crippen molar-refractivity contribution in [2.24, 2.45) is 0 Å². The van der Waals surface area contributed by atoms with Gasteiger partial charge in [0.15, 0.2) is 0 Å². The maximum Gasteiger partial charge on any atom is 0.0517 e. The summed E-state index contributed by atoms with van der Waals surface area (Å²) < 4.78 is 2.89. The Morgan fingerprint density at radius 2 is 1.25 bits per heavy atom. The molecule has 6 heterocycles. The third-order valence-electron chi connectivity index (χ3n) is 8.01. The predicted octanol–water partition coefficient (Wildman–Crippen LogP) is 15.2. The molecule has 6 rings (SSSR count). The summed E-state index contributed by atoms with van der Waals surface area (Å²) in [6.07, 6.45) is 17.7. The van der Waals surface area contributed by atoms with Crippen LogP contribution in [0.1, 0.15) is 95.8 Å². The van der Waals surface area contributed by atoms with Crippen LogP contribution in [-0.2, 0) is 12.8 Å². The fourth-order valence-corrected chi connectivity index (χ4v) is 12.5. The van der Waals surface area contributed by atoms with Crippen LogP contribution in [0.4, 0.5) is 0 Å². The topological polar surface area (TPSA) is 0 Å². The van der Waals surface area contributed by atoms with E-state index in [1.54, 1.807) is 4.88 Å². The maximum absolute atomic E-state index is 2.50. The Morgan fingerprint density at radius 3 is 2.00 bits per heavy atom. The van der Waals surface area contributed by atoms with Gasteiger partial charge in [-0.05, 0) is 105 Å². The van der Waals surface area contributed by atoms with Crippen LogP contribution in [0.15, 0.2) is 48.5 Å². The van der Waals surface area contributed by atoms with Gasteiger partial charge in [-0.25, -0.2) is 0 Å². The monoisotopic (exact) mass is 690 g/mol. The molecular weight excluding hydrogens is 649 g/mol. The number of fused-ring (bicyclic) bond motifs is 1. The molecule has 0 saturated heterocycles. The summed E-state index contributed by atoms with van der Waals surface area (Å²) in [4.78, 5) is 14.2. The lowest BCUT2D eigenvalue weighted by Gasteiger charge is -2.01. The molecule has 0 bridgehead atoms. The SMILES string of the molecule is CCCCCCc1cc2sc(/C=C/c3cc(C)sc3-c3ccc(-c4cc(CCCCCC)c(-c5ccc(C)s5)s4)s3)cc2s1. The quantitative estimate of drug-likeness (QED) is 0.0941. The average molecular weight is 691 g/mol. The second-order valence-electron chi connectivity index (χ2n) is 11.7. The molecule has 6 aromatic rings. The molecule has 0 atom stereocenters. The molecule has 0 unspecified atom stereocenters. The highest BCUT2D eigenvalue weighted by atomic mass is 32.1. The fraction of sp³-hybridized carbons (Fsp3) is 0.368. The molecular formula is C38H42S6. The van der Waals surface area contributed by atoms with E-state index in [9.17, 15) is 0 Å². The van der Waals surface area contributed by atoms with Crippen LogP contribution in [0.2, 0.25) is 0 Å². The first-order chi connectivity index (χ1) is 21.5. The van der Waals surface area contributed by atoms with Gasteiger partial charge < -0.3 is 0 Å². The van der Waals surface area contributed by atoms with E-state index in [2.05, 4.69) is 88.4 Å². The molecule has 0 amide bonds. The summed E-state index contributed by atoms with van der Waals surface area (Å²) in [5, 5.41) is 0. The van der Waals surface area contributed by atoms with E-state index in [1.165, 1.54) is 129 Å². The van der Waals surface area contributed by atoms with Crippen LogP contribution >= 0.6 is 68.0 Å². The molecule has 0 aromatic carbocycles. The molecule has 0 spiro atoms. The molecule has 44 heavy (non-hydrogen) atoms. The van der Waals surface area contributed by atoms with Gasteiger partial charge in [0.05, 0.1) is 4.88 Å². The Labute approximate surface area is 287 Å². The lowest BCUT2D eigenvalue weighted by atomic mass is 10.1. The van der Waals surface area contributed by atoms with Gasteiger partial charge in [-0.3, -0.25) is 0 Å². The van der Waals surface area contributed by atoms with E-state index in [1.807, 2.05) is 68.0 Å². The van der Waals surface area contributed by atoms with E-state index in [0.717, 1.165) is 0 Å². The number of aryl methyl sites for hydroxylation is 4. The molecule has 0 aliphatic carbocycles. The Balaban J connectivity index is 1.20. The zero-order valence-electron chi connectivity index (χ0n) is 26.3. The molecule has 0 saturated carbocycles. The van der Waals surface area contributed by atoms with Gasteiger partial charge in [0.2, 0.25) is 0 Å². The first-order valence-corrected chi connectivity index (χ1v) is 21.0. The van der Waals surface area contributed by atoms with Crippen molar-refractivity contribution < 1.29 is 0 Å². The second-order valence-corrected chi connectivity index (χ2v) is 18.7. The van der Waals surface area contributed by atoms with Crippen molar-refractivity contribution >= 4 is 89.6 Å². The lowest BCUT2D eigenvalue weighted by Crippen LogP contribution is -1.85. The van der Waals surface area contributed by atoms with Crippen molar-refractivity contribution in [1.29, 1.82) is 0 Å². The third-order valence-corrected chi connectivity index (χ3v) is 15.2. The van der Waals surface area contributed by atoms with Gasteiger partial charge >= 0.3 is 0 Å². The van der Waals surface area contributed by atoms with Gasteiger partial charge in [0, 0.05) is 53.3 Å². The van der Waals surface area contributed by atoms with E-state index in [-0.39, 0.29) is 0 Å². The zero-order valence-corrected chi connectivity index (χ0v) is 31.2. The van der Waals surface area contributed by atoms with Crippen LogP contribution in [-0.4, -0.2) is 0 Å². The molecule has 0 N–H and O–H groups in total. The molecule has 6 aromatic heterocycles. The number of hydrogen-bond acceptors (Lipinski definition) is 6. The largest absolute Gasteiger partial charge is 0.140 e. The summed E-state index contributed by atoms with van der Waals surface area (Å²) in [5.74, 6) is 0. The Hall–Kier alpha value is -1.80. The molecule has 0 nitrogen and oxygen atoms in total. The fourth-order valence-electron chi connectivity index (χ4n) is 5.69. The van der Waals surface area contributed by atoms with Crippen molar-refractivity contribution in [2.45, 2.75) is 91.9 Å². The average Bonchev–Trinajstić information content (AvgIpc) is 3.84. The minimum Gasteiger partial charge on any atom is -0.140 e. The van der Waals surface area contributed by atoms with E-state index in [4.69, 9.17) is 0 Å². The number of hydrogen-bond donors (Lipinski definition) is 0. The summed E-state index contributed by atoms with van der Waals surface area (Å²) in [7, 11) is 0. The Kier molecular flexibility index (Phi) is 11.1. The first-order valence-electron chi connectivity index (χ1n) is 16.1. The first kappa shape index (κ1) is 32.2. The summed E-state index contributed by atoms with van der Waals surface area (Å²) in [6.45, 7) is 9.04. The lowest BCUT2D eigenvalue weighted by molar-refractivity contribution is 0.668. The minimum atomic E-state index is 1.18. The summed E-state index contributed by atoms with van der Waals surface area (Å²) in [5.41, 5.74) is 2.87. The smallest absolute Gasteiger partial charge is 0.0517 e. The summed E-state index contributed by atoms with van der Waals surface area (Å²) in [6, 6.07) is 19.0. The van der Waals surface area contributed by atoms with Gasteiger partial charge in [-0.15, -0.1) is 68.0 Å².